The van der Waals surface area contributed by atoms with Crippen LogP contribution in [-0.4, -0.2) is 24.0 Å². The molecular formula is C16H20O4. The molecule has 0 saturated carbocycles. The van der Waals surface area contributed by atoms with E-state index in [2.05, 4.69) is 6.08 Å². The number of hydrogen-bond acceptors (Lipinski definition) is 3. The Hall–Kier alpha value is -2.10. The van der Waals surface area contributed by atoms with Crippen molar-refractivity contribution in [1.82, 2.24) is 0 Å². The smallest absolute Gasteiger partial charge is 0.303 e. The van der Waals surface area contributed by atoms with E-state index < -0.39 is 5.97 Å². The summed E-state index contributed by atoms with van der Waals surface area (Å²) >= 11 is 0. The van der Waals surface area contributed by atoms with Crippen molar-refractivity contribution in [2.45, 2.75) is 33.1 Å². The second-order valence-corrected chi connectivity index (χ2v) is 4.83. The topological polar surface area (TPSA) is 63.6 Å². The summed E-state index contributed by atoms with van der Waals surface area (Å²) in [6.45, 7) is 4.02. The van der Waals surface area contributed by atoms with E-state index >= 15 is 0 Å². The van der Waals surface area contributed by atoms with Crippen molar-refractivity contribution in [3.63, 3.8) is 0 Å². The Labute approximate surface area is 119 Å². The van der Waals surface area contributed by atoms with Crippen LogP contribution in [-0.2, 0) is 11.2 Å². The summed E-state index contributed by atoms with van der Waals surface area (Å²) in [6, 6.07) is 5.21. The van der Waals surface area contributed by atoms with Crippen LogP contribution in [0.4, 0.5) is 0 Å². The number of rotatable bonds is 7. The largest absolute Gasteiger partial charge is 0.496 e. The van der Waals surface area contributed by atoms with Crippen molar-refractivity contribution in [2.24, 2.45) is 0 Å². The third-order valence-electron chi connectivity index (χ3n) is 2.90. The maximum atomic E-state index is 11.9. The lowest BCUT2D eigenvalue weighted by Gasteiger charge is -2.09. The molecule has 0 bridgehead atoms. The van der Waals surface area contributed by atoms with Crippen LogP contribution in [0.1, 0.15) is 42.6 Å². The molecule has 0 spiro atoms. The van der Waals surface area contributed by atoms with Gasteiger partial charge in [0.25, 0.3) is 0 Å². The minimum absolute atomic E-state index is 0.0176. The second-order valence-electron chi connectivity index (χ2n) is 4.83. The number of allylic oxidation sites excluding steroid dienone is 2. The van der Waals surface area contributed by atoms with Gasteiger partial charge >= 0.3 is 5.97 Å². The Morgan fingerprint density at radius 3 is 2.50 bits per heavy atom. The zero-order chi connectivity index (χ0) is 15.1. The van der Waals surface area contributed by atoms with Gasteiger partial charge in [-0.05, 0) is 44.0 Å². The number of carboxylic acid groups (broad SMARTS) is 1. The predicted octanol–water partition coefficient (Wildman–Crippen LogP) is 3.25. The molecule has 0 radical (unpaired) electrons. The lowest BCUT2D eigenvalue weighted by molar-refractivity contribution is -0.136. The van der Waals surface area contributed by atoms with Crippen molar-refractivity contribution in [3.8, 4) is 5.75 Å². The Balaban J connectivity index is 2.93. The first-order valence-corrected chi connectivity index (χ1v) is 6.49. The summed E-state index contributed by atoms with van der Waals surface area (Å²) in [4.78, 5) is 22.4. The summed E-state index contributed by atoms with van der Waals surface area (Å²) in [5.41, 5.74) is 2.65. The molecule has 4 nitrogen and oxygen atoms in total. The number of benzene rings is 1. The molecule has 0 heterocycles. The fraction of sp³-hybridized carbons (Fsp3) is 0.375. The van der Waals surface area contributed by atoms with Crippen LogP contribution < -0.4 is 4.74 Å². The van der Waals surface area contributed by atoms with Gasteiger partial charge in [0, 0.05) is 12.0 Å². The Bertz CT molecular complexity index is 525. The number of carboxylic acids is 1. The van der Waals surface area contributed by atoms with Gasteiger partial charge in [0.15, 0.2) is 5.78 Å². The van der Waals surface area contributed by atoms with Crippen LogP contribution >= 0.6 is 0 Å². The second kappa shape index (κ2) is 7.48. The maximum Gasteiger partial charge on any atom is 0.303 e. The summed E-state index contributed by atoms with van der Waals surface area (Å²) in [6.07, 6.45) is 2.62. The van der Waals surface area contributed by atoms with Gasteiger partial charge in [0.2, 0.25) is 0 Å². The number of aliphatic carboxylic acids is 1. The standard InChI is InChI=1S/C16H20O4/c1-11(2)4-5-13-10-12(6-8-15(13)20-3)14(17)7-9-16(18)19/h4,6,8,10H,5,7,9H2,1-3H3,(H,18,19). The predicted molar refractivity (Wildman–Crippen MR) is 77.3 cm³/mol. The van der Waals surface area contributed by atoms with E-state index in [-0.39, 0.29) is 18.6 Å². The fourth-order valence-corrected chi connectivity index (χ4v) is 1.79. The number of carbonyl (C=O) groups excluding carboxylic acids is 1. The molecule has 1 aromatic carbocycles. The van der Waals surface area contributed by atoms with Crippen LogP contribution in [0.25, 0.3) is 0 Å². The van der Waals surface area contributed by atoms with Crippen LogP contribution in [0.15, 0.2) is 29.8 Å². The van der Waals surface area contributed by atoms with E-state index in [1.165, 1.54) is 5.57 Å². The number of Topliss-reactive ketones (excluding diaryl/α,β-unsaturated/α-hetero) is 1. The third-order valence-corrected chi connectivity index (χ3v) is 2.90. The quantitative estimate of drug-likeness (QED) is 0.613. The molecule has 1 N–H and O–H groups in total. The van der Waals surface area contributed by atoms with Crippen molar-refractivity contribution >= 4 is 11.8 Å². The maximum absolute atomic E-state index is 11.9. The van der Waals surface area contributed by atoms with Crippen LogP contribution in [0, 0.1) is 0 Å². The third kappa shape index (κ3) is 4.88. The molecule has 0 aliphatic rings. The number of ether oxygens (including phenoxy) is 1. The molecule has 4 heteroatoms. The van der Waals surface area contributed by atoms with Gasteiger partial charge in [0.1, 0.15) is 5.75 Å². The number of hydrogen-bond donors (Lipinski definition) is 1. The van der Waals surface area contributed by atoms with Crippen molar-refractivity contribution in [3.05, 3.63) is 41.0 Å². The van der Waals surface area contributed by atoms with E-state index in [0.29, 0.717) is 12.0 Å². The Morgan fingerprint density at radius 1 is 1.25 bits per heavy atom. The van der Waals surface area contributed by atoms with Gasteiger partial charge in [-0.2, -0.15) is 0 Å². The molecule has 0 unspecified atom stereocenters. The van der Waals surface area contributed by atoms with Crippen molar-refractivity contribution in [2.75, 3.05) is 7.11 Å². The first-order valence-electron chi connectivity index (χ1n) is 6.49. The molecular weight excluding hydrogens is 256 g/mol. The van der Waals surface area contributed by atoms with E-state index in [4.69, 9.17) is 9.84 Å². The lowest BCUT2D eigenvalue weighted by Crippen LogP contribution is -2.05. The van der Waals surface area contributed by atoms with Crippen LogP contribution in [0.3, 0.4) is 0 Å². The van der Waals surface area contributed by atoms with Gasteiger partial charge in [0.05, 0.1) is 13.5 Å². The molecule has 0 aliphatic heterocycles. The molecule has 1 aromatic rings. The van der Waals surface area contributed by atoms with Gasteiger partial charge < -0.3 is 9.84 Å². The highest BCUT2D eigenvalue weighted by Gasteiger charge is 2.11. The average Bonchev–Trinajstić information content (AvgIpc) is 2.41. The zero-order valence-corrected chi connectivity index (χ0v) is 12.1. The zero-order valence-electron chi connectivity index (χ0n) is 12.1. The molecule has 0 amide bonds. The van der Waals surface area contributed by atoms with Crippen LogP contribution in [0.5, 0.6) is 5.75 Å². The lowest BCUT2D eigenvalue weighted by atomic mass is 10.0. The molecule has 1 rings (SSSR count). The van der Waals surface area contributed by atoms with Gasteiger partial charge in [-0.15, -0.1) is 0 Å². The highest BCUT2D eigenvalue weighted by Crippen LogP contribution is 2.22. The molecule has 0 aliphatic carbocycles. The molecule has 0 saturated heterocycles. The number of carbonyl (C=O) groups is 2. The first-order chi connectivity index (χ1) is 9.43. The molecule has 0 fully saturated rings. The Morgan fingerprint density at radius 2 is 1.95 bits per heavy atom. The van der Waals surface area contributed by atoms with E-state index in [0.717, 1.165) is 11.3 Å². The summed E-state index contributed by atoms with van der Waals surface area (Å²) in [5.74, 6) is -0.387. The van der Waals surface area contributed by atoms with E-state index in [1.807, 2.05) is 13.8 Å². The Kier molecular flexibility index (Phi) is 5.97. The minimum Gasteiger partial charge on any atom is -0.496 e. The normalized spacial score (nSPS) is 9.95. The van der Waals surface area contributed by atoms with Gasteiger partial charge in [-0.3, -0.25) is 9.59 Å². The molecule has 0 aromatic heterocycles. The summed E-state index contributed by atoms with van der Waals surface area (Å²) in [7, 11) is 1.59. The molecule has 20 heavy (non-hydrogen) atoms. The number of ketones is 1. The van der Waals surface area contributed by atoms with Crippen LogP contribution in [0.2, 0.25) is 0 Å². The van der Waals surface area contributed by atoms with Crippen molar-refractivity contribution < 1.29 is 19.4 Å². The fourth-order valence-electron chi connectivity index (χ4n) is 1.79. The SMILES string of the molecule is COc1ccc(C(=O)CCC(=O)O)cc1CC=C(C)C. The van der Waals surface area contributed by atoms with Gasteiger partial charge in [-0.25, -0.2) is 0 Å². The minimum atomic E-state index is -0.961. The van der Waals surface area contributed by atoms with E-state index in [1.54, 1.807) is 25.3 Å². The summed E-state index contributed by atoms with van der Waals surface area (Å²) < 4.78 is 5.28. The number of methoxy groups -OCH3 is 1. The van der Waals surface area contributed by atoms with Crippen molar-refractivity contribution in [1.29, 1.82) is 0 Å². The molecule has 0 atom stereocenters. The van der Waals surface area contributed by atoms with Gasteiger partial charge in [-0.1, -0.05) is 11.6 Å². The first kappa shape index (κ1) is 16.0. The molecule has 108 valence electrons. The monoisotopic (exact) mass is 276 g/mol. The van der Waals surface area contributed by atoms with E-state index in [9.17, 15) is 9.59 Å². The highest BCUT2D eigenvalue weighted by molar-refractivity contribution is 5.97. The highest BCUT2D eigenvalue weighted by atomic mass is 16.5. The average molecular weight is 276 g/mol. The summed E-state index contributed by atoms with van der Waals surface area (Å²) in [5, 5.41) is 8.61.